The van der Waals surface area contributed by atoms with Gasteiger partial charge in [-0.3, -0.25) is 4.98 Å². The highest BCUT2D eigenvalue weighted by Crippen LogP contribution is 2.17. The van der Waals surface area contributed by atoms with E-state index in [1.54, 1.807) is 18.5 Å². The fourth-order valence-electron chi connectivity index (χ4n) is 1.39. The molecule has 0 aliphatic rings. The average Bonchev–Trinajstić information content (AvgIpc) is 2.37. The molecule has 0 bridgehead atoms. The molecule has 2 aromatic heterocycles. The van der Waals surface area contributed by atoms with Crippen molar-refractivity contribution in [1.29, 1.82) is 0 Å². The van der Waals surface area contributed by atoms with Crippen LogP contribution in [0.25, 0.3) is 11.3 Å². The number of aromatic nitrogens is 3. The molecule has 0 amide bonds. The molecule has 2 aromatic rings. The first kappa shape index (κ1) is 11.4. The van der Waals surface area contributed by atoms with Crippen LogP contribution >= 0.6 is 0 Å². The number of anilines is 1. The highest BCUT2D eigenvalue weighted by atomic mass is 19.1. The second-order valence-corrected chi connectivity index (χ2v) is 3.58. The fourth-order valence-corrected chi connectivity index (χ4v) is 1.39. The molecule has 0 fully saturated rings. The van der Waals surface area contributed by atoms with Gasteiger partial charge in [-0.05, 0) is 18.6 Å². The first-order valence-corrected chi connectivity index (χ1v) is 5.47. The van der Waals surface area contributed by atoms with Crippen LogP contribution < -0.4 is 5.32 Å². The van der Waals surface area contributed by atoms with Gasteiger partial charge in [0.05, 0.1) is 11.9 Å². The van der Waals surface area contributed by atoms with Crippen molar-refractivity contribution in [2.75, 3.05) is 11.9 Å². The normalized spacial score (nSPS) is 10.2. The van der Waals surface area contributed by atoms with Crippen molar-refractivity contribution in [3.05, 3.63) is 36.5 Å². The molecule has 17 heavy (non-hydrogen) atoms. The van der Waals surface area contributed by atoms with Crippen LogP contribution in [-0.4, -0.2) is 21.5 Å². The number of nitrogens with zero attached hydrogens (tertiary/aromatic N) is 3. The minimum atomic E-state index is -0.371. The highest BCUT2D eigenvalue weighted by molar-refractivity contribution is 5.58. The molecule has 0 spiro atoms. The Kier molecular flexibility index (Phi) is 3.59. The Morgan fingerprint density at radius 3 is 3.00 bits per heavy atom. The van der Waals surface area contributed by atoms with E-state index in [4.69, 9.17) is 0 Å². The first-order chi connectivity index (χ1) is 8.29. The summed E-state index contributed by atoms with van der Waals surface area (Å²) in [4.78, 5) is 12.2. The van der Waals surface area contributed by atoms with E-state index in [1.165, 1.54) is 12.3 Å². The van der Waals surface area contributed by atoms with Gasteiger partial charge in [0.15, 0.2) is 0 Å². The summed E-state index contributed by atoms with van der Waals surface area (Å²) in [6, 6.07) is 3.13. The van der Waals surface area contributed by atoms with Gasteiger partial charge in [-0.1, -0.05) is 6.92 Å². The maximum atomic E-state index is 13.0. The summed E-state index contributed by atoms with van der Waals surface area (Å²) in [7, 11) is 0. The number of hydrogen-bond acceptors (Lipinski definition) is 4. The topological polar surface area (TPSA) is 50.7 Å². The molecule has 0 aromatic carbocycles. The number of pyridine rings is 1. The molecule has 0 radical (unpaired) electrons. The van der Waals surface area contributed by atoms with Crippen LogP contribution in [0.2, 0.25) is 0 Å². The third-order valence-electron chi connectivity index (χ3n) is 2.19. The fraction of sp³-hybridized carbons (Fsp3) is 0.250. The molecule has 2 heterocycles. The van der Waals surface area contributed by atoms with Crippen LogP contribution in [-0.2, 0) is 0 Å². The van der Waals surface area contributed by atoms with Crippen molar-refractivity contribution < 1.29 is 4.39 Å². The molecule has 88 valence electrons. The number of hydrogen-bond donors (Lipinski definition) is 1. The molecule has 0 aliphatic carbocycles. The van der Waals surface area contributed by atoms with Gasteiger partial charge in [-0.25, -0.2) is 14.4 Å². The van der Waals surface area contributed by atoms with E-state index in [1.807, 2.05) is 0 Å². The van der Waals surface area contributed by atoms with Crippen LogP contribution in [0.3, 0.4) is 0 Å². The second-order valence-electron chi connectivity index (χ2n) is 3.58. The third kappa shape index (κ3) is 2.96. The predicted molar refractivity (Wildman–Crippen MR) is 64.0 cm³/mol. The number of rotatable bonds is 4. The standard InChI is InChI=1S/C12H13FN4/c1-2-4-15-12-16-5-3-11(17-12)9-6-10(13)8-14-7-9/h3,5-8H,2,4H2,1H3,(H,15,16,17). The van der Waals surface area contributed by atoms with Crippen molar-refractivity contribution in [3.63, 3.8) is 0 Å². The monoisotopic (exact) mass is 232 g/mol. The zero-order chi connectivity index (χ0) is 12.1. The molecular weight excluding hydrogens is 219 g/mol. The molecule has 0 atom stereocenters. The SMILES string of the molecule is CCCNc1nccc(-c2cncc(F)c2)n1. The molecule has 2 rings (SSSR count). The number of nitrogens with one attached hydrogen (secondary N) is 1. The summed E-state index contributed by atoms with van der Waals surface area (Å²) < 4.78 is 13.0. The van der Waals surface area contributed by atoms with E-state index < -0.39 is 0 Å². The summed E-state index contributed by atoms with van der Waals surface area (Å²) in [5.74, 6) is 0.179. The highest BCUT2D eigenvalue weighted by Gasteiger charge is 2.03. The quantitative estimate of drug-likeness (QED) is 0.879. The molecular formula is C12H13FN4. The van der Waals surface area contributed by atoms with Gasteiger partial charge < -0.3 is 5.32 Å². The van der Waals surface area contributed by atoms with Gasteiger partial charge in [0.1, 0.15) is 5.82 Å². The van der Waals surface area contributed by atoms with Gasteiger partial charge >= 0.3 is 0 Å². The van der Waals surface area contributed by atoms with Crippen molar-refractivity contribution >= 4 is 5.95 Å². The van der Waals surface area contributed by atoms with Gasteiger partial charge in [0.2, 0.25) is 5.95 Å². The van der Waals surface area contributed by atoms with Gasteiger partial charge in [0.25, 0.3) is 0 Å². The molecule has 4 nitrogen and oxygen atoms in total. The Morgan fingerprint density at radius 1 is 1.35 bits per heavy atom. The summed E-state index contributed by atoms with van der Waals surface area (Å²) in [6.45, 7) is 2.87. The van der Waals surface area contributed by atoms with Crippen molar-refractivity contribution in [2.45, 2.75) is 13.3 Å². The Morgan fingerprint density at radius 2 is 2.24 bits per heavy atom. The molecule has 0 unspecified atom stereocenters. The third-order valence-corrected chi connectivity index (χ3v) is 2.19. The average molecular weight is 232 g/mol. The van der Waals surface area contributed by atoms with E-state index >= 15 is 0 Å². The lowest BCUT2D eigenvalue weighted by atomic mass is 10.2. The number of halogens is 1. The largest absolute Gasteiger partial charge is 0.354 e. The maximum Gasteiger partial charge on any atom is 0.223 e. The van der Waals surface area contributed by atoms with E-state index in [0.717, 1.165) is 13.0 Å². The summed E-state index contributed by atoms with van der Waals surface area (Å²) in [5, 5.41) is 3.08. The summed E-state index contributed by atoms with van der Waals surface area (Å²) >= 11 is 0. The molecule has 0 saturated carbocycles. The van der Waals surface area contributed by atoms with Crippen molar-refractivity contribution in [3.8, 4) is 11.3 Å². The predicted octanol–water partition coefficient (Wildman–Crippen LogP) is 2.50. The zero-order valence-corrected chi connectivity index (χ0v) is 9.52. The first-order valence-electron chi connectivity index (χ1n) is 5.47. The van der Waals surface area contributed by atoms with Crippen LogP contribution in [0.15, 0.2) is 30.7 Å². The van der Waals surface area contributed by atoms with E-state index in [0.29, 0.717) is 17.2 Å². The second kappa shape index (κ2) is 5.34. The van der Waals surface area contributed by atoms with Crippen LogP contribution in [0, 0.1) is 5.82 Å². The van der Waals surface area contributed by atoms with E-state index in [9.17, 15) is 4.39 Å². The maximum absolute atomic E-state index is 13.0. The van der Waals surface area contributed by atoms with Crippen molar-refractivity contribution in [2.24, 2.45) is 0 Å². The lowest BCUT2D eigenvalue weighted by Gasteiger charge is -2.05. The lowest BCUT2D eigenvalue weighted by Crippen LogP contribution is -2.04. The minimum Gasteiger partial charge on any atom is -0.354 e. The van der Waals surface area contributed by atoms with Crippen LogP contribution in [0.5, 0.6) is 0 Å². The van der Waals surface area contributed by atoms with E-state index in [-0.39, 0.29) is 5.82 Å². The van der Waals surface area contributed by atoms with Gasteiger partial charge in [0, 0.05) is 24.5 Å². The molecule has 0 aliphatic heterocycles. The molecule has 1 N–H and O–H groups in total. The Balaban J connectivity index is 2.26. The minimum absolute atomic E-state index is 0.371. The van der Waals surface area contributed by atoms with Gasteiger partial charge in [-0.2, -0.15) is 0 Å². The summed E-state index contributed by atoms with van der Waals surface area (Å²) in [6.07, 6.45) is 5.39. The Bertz CT molecular complexity index is 501. The molecule has 0 saturated heterocycles. The Hall–Kier alpha value is -2.04. The van der Waals surface area contributed by atoms with Gasteiger partial charge in [-0.15, -0.1) is 0 Å². The zero-order valence-electron chi connectivity index (χ0n) is 9.52. The van der Waals surface area contributed by atoms with Crippen molar-refractivity contribution in [1.82, 2.24) is 15.0 Å². The van der Waals surface area contributed by atoms with Crippen LogP contribution in [0.4, 0.5) is 10.3 Å². The summed E-state index contributed by atoms with van der Waals surface area (Å²) in [5.41, 5.74) is 1.30. The van der Waals surface area contributed by atoms with E-state index in [2.05, 4.69) is 27.2 Å². The smallest absolute Gasteiger partial charge is 0.223 e. The molecule has 5 heteroatoms. The lowest BCUT2D eigenvalue weighted by molar-refractivity contribution is 0.622. The Labute approximate surface area is 99.0 Å². The van der Waals surface area contributed by atoms with Crippen LogP contribution in [0.1, 0.15) is 13.3 Å².